The highest BCUT2D eigenvalue weighted by Gasteiger charge is 2.31. The smallest absolute Gasteiger partial charge is 0.322 e. The van der Waals surface area contributed by atoms with Crippen molar-refractivity contribution in [1.82, 2.24) is 9.55 Å². The Morgan fingerprint density at radius 2 is 1.95 bits per heavy atom. The maximum atomic E-state index is 12.8. The lowest BCUT2D eigenvalue weighted by Gasteiger charge is -2.19. The lowest BCUT2D eigenvalue weighted by atomic mass is 10.0. The zero-order chi connectivity index (χ0) is 15.8. The van der Waals surface area contributed by atoms with Gasteiger partial charge < -0.3 is 10.3 Å². The Balaban J connectivity index is 2.55. The molecule has 0 fully saturated rings. The average Bonchev–Trinajstić information content (AvgIpc) is 2.85. The highest BCUT2D eigenvalue weighted by molar-refractivity contribution is 6.32. The molecule has 2 rings (SSSR count). The van der Waals surface area contributed by atoms with Crippen LogP contribution in [0.5, 0.6) is 0 Å². The fraction of sp³-hybridized carbons (Fsp3) is 0.357. The van der Waals surface area contributed by atoms with Crippen molar-refractivity contribution in [1.29, 1.82) is 0 Å². The Bertz CT molecular complexity index is 635. The molecule has 1 heterocycles. The molecule has 0 radical (unpaired) electrons. The number of benzene rings is 1. The van der Waals surface area contributed by atoms with Crippen LogP contribution >= 0.6 is 11.6 Å². The van der Waals surface area contributed by atoms with Crippen LogP contribution in [-0.2, 0) is 6.18 Å². The van der Waals surface area contributed by atoms with E-state index in [1.165, 1.54) is 17.0 Å². The number of halogens is 4. The first-order chi connectivity index (χ1) is 9.71. The van der Waals surface area contributed by atoms with Gasteiger partial charge in [-0.1, -0.05) is 25.4 Å². The molecule has 1 atom stereocenters. The van der Waals surface area contributed by atoms with Gasteiger partial charge in [0.1, 0.15) is 0 Å². The molecule has 0 spiro atoms. The van der Waals surface area contributed by atoms with Gasteiger partial charge in [0.05, 0.1) is 34.5 Å². The number of rotatable bonds is 3. The van der Waals surface area contributed by atoms with E-state index < -0.39 is 11.7 Å². The Hall–Kier alpha value is -1.53. The van der Waals surface area contributed by atoms with E-state index in [0.717, 1.165) is 12.1 Å². The maximum absolute atomic E-state index is 12.8. The van der Waals surface area contributed by atoms with Crippen molar-refractivity contribution in [3.63, 3.8) is 0 Å². The van der Waals surface area contributed by atoms with Gasteiger partial charge in [-0.25, -0.2) is 4.98 Å². The molecule has 2 aromatic rings. The number of imidazole rings is 1. The fourth-order valence-electron chi connectivity index (χ4n) is 1.97. The Morgan fingerprint density at radius 1 is 1.29 bits per heavy atom. The third-order valence-electron chi connectivity index (χ3n) is 3.26. The van der Waals surface area contributed by atoms with E-state index in [2.05, 4.69) is 4.98 Å². The van der Waals surface area contributed by atoms with Crippen LogP contribution in [0.25, 0.3) is 5.69 Å². The SMILES string of the molecule is CC(C)C(N)c1cncn1-c1cc(C(F)(F)F)ccc1Cl. The van der Waals surface area contributed by atoms with Crippen molar-refractivity contribution in [3.05, 3.63) is 47.0 Å². The van der Waals surface area contributed by atoms with Gasteiger partial charge in [0.15, 0.2) is 0 Å². The van der Waals surface area contributed by atoms with Crippen molar-refractivity contribution < 1.29 is 13.2 Å². The predicted molar refractivity (Wildman–Crippen MR) is 75.3 cm³/mol. The monoisotopic (exact) mass is 317 g/mol. The number of nitrogens with zero attached hydrogens (tertiary/aromatic N) is 2. The molecule has 0 amide bonds. The van der Waals surface area contributed by atoms with E-state index in [9.17, 15) is 13.2 Å². The number of hydrogen-bond acceptors (Lipinski definition) is 2. The molecule has 0 aliphatic rings. The van der Waals surface area contributed by atoms with Gasteiger partial charge in [0, 0.05) is 6.04 Å². The molecule has 1 aromatic carbocycles. The predicted octanol–water partition coefficient (Wildman–Crippen LogP) is 4.20. The maximum Gasteiger partial charge on any atom is 0.416 e. The molecule has 114 valence electrons. The van der Waals surface area contributed by atoms with Crippen LogP contribution in [0.4, 0.5) is 13.2 Å². The third-order valence-corrected chi connectivity index (χ3v) is 3.58. The van der Waals surface area contributed by atoms with Crippen LogP contribution in [0.2, 0.25) is 5.02 Å². The Labute approximate surface area is 125 Å². The standard InChI is InChI=1S/C14H15ClF3N3/c1-8(2)13(19)12-6-20-7-21(12)11-5-9(14(16,17)18)3-4-10(11)15/h3-8,13H,19H2,1-2H3. The summed E-state index contributed by atoms with van der Waals surface area (Å²) in [5.74, 6) is 0.116. The van der Waals surface area contributed by atoms with E-state index in [-0.39, 0.29) is 22.7 Å². The van der Waals surface area contributed by atoms with Crippen LogP contribution in [0.3, 0.4) is 0 Å². The molecule has 0 saturated carbocycles. The molecule has 0 aliphatic carbocycles. The fourth-order valence-corrected chi connectivity index (χ4v) is 2.18. The van der Waals surface area contributed by atoms with E-state index in [0.29, 0.717) is 5.69 Å². The molecule has 3 nitrogen and oxygen atoms in total. The van der Waals surface area contributed by atoms with Gasteiger partial charge in [-0.3, -0.25) is 0 Å². The molecule has 21 heavy (non-hydrogen) atoms. The van der Waals surface area contributed by atoms with Crippen LogP contribution < -0.4 is 5.73 Å². The van der Waals surface area contributed by atoms with Crippen molar-refractivity contribution >= 4 is 11.6 Å². The molecule has 2 N–H and O–H groups in total. The second kappa shape index (κ2) is 5.69. The third kappa shape index (κ3) is 3.22. The lowest BCUT2D eigenvalue weighted by molar-refractivity contribution is -0.137. The summed E-state index contributed by atoms with van der Waals surface area (Å²) < 4.78 is 40.0. The van der Waals surface area contributed by atoms with Gasteiger partial charge in [-0.15, -0.1) is 0 Å². The summed E-state index contributed by atoms with van der Waals surface area (Å²) in [7, 11) is 0. The summed E-state index contributed by atoms with van der Waals surface area (Å²) in [5, 5.41) is 0.207. The van der Waals surface area contributed by atoms with Crippen molar-refractivity contribution in [2.45, 2.75) is 26.1 Å². The molecular formula is C14H15ClF3N3. The van der Waals surface area contributed by atoms with Crippen molar-refractivity contribution in [2.75, 3.05) is 0 Å². The summed E-state index contributed by atoms with van der Waals surface area (Å²) in [4.78, 5) is 3.98. The molecule has 0 aliphatic heterocycles. The van der Waals surface area contributed by atoms with Crippen molar-refractivity contribution in [3.8, 4) is 5.69 Å². The van der Waals surface area contributed by atoms with E-state index >= 15 is 0 Å². The summed E-state index contributed by atoms with van der Waals surface area (Å²) in [6, 6.07) is 2.83. The minimum atomic E-state index is -4.43. The minimum absolute atomic E-state index is 0.116. The van der Waals surface area contributed by atoms with Gasteiger partial charge in [0.2, 0.25) is 0 Å². The zero-order valence-electron chi connectivity index (χ0n) is 11.5. The first-order valence-corrected chi connectivity index (χ1v) is 6.74. The van der Waals surface area contributed by atoms with Gasteiger partial charge >= 0.3 is 6.18 Å². The second-order valence-corrected chi connectivity index (χ2v) is 5.53. The van der Waals surface area contributed by atoms with E-state index in [4.69, 9.17) is 17.3 Å². The zero-order valence-corrected chi connectivity index (χ0v) is 12.3. The topological polar surface area (TPSA) is 43.8 Å². The lowest BCUT2D eigenvalue weighted by Crippen LogP contribution is -2.20. The molecule has 7 heteroatoms. The molecule has 1 unspecified atom stereocenters. The number of nitrogens with two attached hydrogens (primary N) is 1. The van der Waals surface area contributed by atoms with Crippen LogP contribution in [-0.4, -0.2) is 9.55 Å². The number of hydrogen-bond donors (Lipinski definition) is 1. The molecule has 0 bridgehead atoms. The Morgan fingerprint density at radius 3 is 2.52 bits per heavy atom. The summed E-state index contributed by atoms with van der Waals surface area (Å²) >= 11 is 6.04. The summed E-state index contributed by atoms with van der Waals surface area (Å²) in [6.45, 7) is 3.85. The summed E-state index contributed by atoms with van der Waals surface area (Å²) in [6.07, 6.45) is -1.47. The minimum Gasteiger partial charge on any atom is -0.322 e. The summed E-state index contributed by atoms with van der Waals surface area (Å²) in [5.41, 5.74) is 6.14. The van der Waals surface area contributed by atoms with Gasteiger partial charge in [0.25, 0.3) is 0 Å². The van der Waals surface area contributed by atoms with Crippen LogP contribution in [0, 0.1) is 5.92 Å². The normalized spacial score (nSPS) is 13.7. The van der Waals surface area contributed by atoms with E-state index in [1.807, 2.05) is 13.8 Å². The highest BCUT2D eigenvalue weighted by atomic mass is 35.5. The molecule has 0 saturated heterocycles. The Kier molecular flexibility index (Phi) is 4.30. The first-order valence-electron chi connectivity index (χ1n) is 6.36. The second-order valence-electron chi connectivity index (χ2n) is 5.12. The molecule has 1 aromatic heterocycles. The highest BCUT2D eigenvalue weighted by Crippen LogP contribution is 2.34. The number of aromatic nitrogens is 2. The average molecular weight is 318 g/mol. The largest absolute Gasteiger partial charge is 0.416 e. The van der Waals surface area contributed by atoms with Crippen LogP contribution in [0.15, 0.2) is 30.7 Å². The van der Waals surface area contributed by atoms with E-state index in [1.54, 1.807) is 6.20 Å². The van der Waals surface area contributed by atoms with Gasteiger partial charge in [-0.2, -0.15) is 13.2 Å². The van der Waals surface area contributed by atoms with Gasteiger partial charge in [-0.05, 0) is 24.1 Å². The van der Waals surface area contributed by atoms with Crippen LogP contribution in [0.1, 0.15) is 31.1 Å². The van der Waals surface area contributed by atoms with Crippen molar-refractivity contribution in [2.24, 2.45) is 11.7 Å². The molecular weight excluding hydrogens is 303 g/mol. The quantitative estimate of drug-likeness (QED) is 0.922. The first kappa shape index (κ1) is 15.9. The number of alkyl halides is 3.